The molecule has 4 nitrogen and oxygen atoms in total. The molecule has 1 rings (SSSR count). The van der Waals surface area contributed by atoms with E-state index in [0.29, 0.717) is 11.3 Å². The zero-order valence-electron chi connectivity index (χ0n) is 12.1. The van der Waals surface area contributed by atoms with Gasteiger partial charge in [-0.3, -0.25) is 4.79 Å². The van der Waals surface area contributed by atoms with Gasteiger partial charge in [-0.2, -0.15) is 11.8 Å². The SMILES string of the molecule is CCC(CSC)N(C)C(=O)c1ccc(C#CCO)cn1. The summed E-state index contributed by atoms with van der Waals surface area (Å²) in [6.07, 6.45) is 4.51. The van der Waals surface area contributed by atoms with E-state index in [9.17, 15) is 4.79 Å². The zero-order valence-corrected chi connectivity index (χ0v) is 12.9. The third kappa shape index (κ3) is 4.55. The Morgan fingerprint density at radius 2 is 2.30 bits per heavy atom. The fourth-order valence-electron chi connectivity index (χ4n) is 1.78. The lowest BCUT2D eigenvalue weighted by Crippen LogP contribution is -2.38. The summed E-state index contributed by atoms with van der Waals surface area (Å²) in [6.45, 7) is 1.89. The molecule has 0 aliphatic heterocycles. The average molecular weight is 292 g/mol. The van der Waals surface area contributed by atoms with E-state index in [1.807, 2.05) is 13.3 Å². The molecular weight excluding hydrogens is 272 g/mol. The Kier molecular flexibility index (Phi) is 7.13. The molecule has 0 fully saturated rings. The topological polar surface area (TPSA) is 53.4 Å². The fraction of sp³-hybridized carbons (Fsp3) is 0.467. The third-order valence-corrected chi connectivity index (χ3v) is 3.71. The number of carbonyl (C=O) groups excluding carboxylic acids is 1. The highest BCUT2D eigenvalue weighted by Gasteiger charge is 2.20. The van der Waals surface area contributed by atoms with E-state index in [-0.39, 0.29) is 18.6 Å². The van der Waals surface area contributed by atoms with Crippen LogP contribution < -0.4 is 0 Å². The van der Waals surface area contributed by atoms with E-state index in [2.05, 4.69) is 23.7 Å². The Morgan fingerprint density at radius 3 is 2.80 bits per heavy atom. The number of amides is 1. The Morgan fingerprint density at radius 1 is 1.55 bits per heavy atom. The average Bonchev–Trinajstić information content (AvgIpc) is 2.49. The number of thioether (sulfide) groups is 1. The van der Waals surface area contributed by atoms with Crippen molar-refractivity contribution >= 4 is 17.7 Å². The highest BCUT2D eigenvalue weighted by molar-refractivity contribution is 7.98. The lowest BCUT2D eigenvalue weighted by Gasteiger charge is -2.26. The van der Waals surface area contributed by atoms with E-state index in [1.165, 1.54) is 0 Å². The molecule has 0 aliphatic rings. The van der Waals surface area contributed by atoms with E-state index >= 15 is 0 Å². The van der Waals surface area contributed by atoms with Gasteiger partial charge in [0, 0.05) is 30.6 Å². The first-order valence-corrected chi connectivity index (χ1v) is 7.85. The van der Waals surface area contributed by atoms with Gasteiger partial charge in [-0.1, -0.05) is 18.8 Å². The van der Waals surface area contributed by atoms with Gasteiger partial charge in [0.1, 0.15) is 12.3 Å². The van der Waals surface area contributed by atoms with Crippen LogP contribution in [0.3, 0.4) is 0 Å². The van der Waals surface area contributed by atoms with E-state index < -0.39 is 0 Å². The lowest BCUT2D eigenvalue weighted by molar-refractivity contribution is 0.0737. The largest absolute Gasteiger partial charge is 0.384 e. The third-order valence-electron chi connectivity index (χ3n) is 2.99. The van der Waals surface area contributed by atoms with Gasteiger partial charge in [-0.15, -0.1) is 0 Å². The Balaban J connectivity index is 2.81. The van der Waals surface area contributed by atoms with Crippen LogP contribution in [-0.4, -0.2) is 52.6 Å². The number of pyridine rings is 1. The molecular formula is C15H20N2O2S. The molecule has 1 atom stereocenters. The van der Waals surface area contributed by atoms with Crippen molar-refractivity contribution in [3.05, 3.63) is 29.6 Å². The first-order chi connectivity index (χ1) is 9.63. The molecule has 1 amide bonds. The number of rotatable bonds is 5. The molecule has 1 heterocycles. The summed E-state index contributed by atoms with van der Waals surface area (Å²) in [5.41, 5.74) is 1.11. The highest BCUT2D eigenvalue weighted by atomic mass is 32.2. The maximum absolute atomic E-state index is 12.3. The van der Waals surface area contributed by atoms with Gasteiger partial charge in [-0.25, -0.2) is 4.98 Å². The quantitative estimate of drug-likeness (QED) is 0.838. The molecule has 108 valence electrons. The van der Waals surface area contributed by atoms with Crippen molar-refractivity contribution in [2.24, 2.45) is 0 Å². The van der Waals surface area contributed by atoms with Gasteiger partial charge in [0.25, 0.3) is 5.91 Å². The van der Waals surface area contributed by atoms with Crippen LogP contribution in [0.2, 0.25) is 0 Å². The van der Waals surface area contributed by atoms with Crippen LogP contribution in [0.1, 0.15) is 29.4 Å². The molecule has 0 aromatic carbocycles. The number of aromatic nitrogens is 1. The smallest absolute Gasteiger partial charge is 0.272 e. The molecule has 1 aromatic rings. The first kappa shape index (κ1) is 16.5. The molecule has 20 heavy (non-hydrogen) atoms. The molecule has 0 radical (unpaired) electrons. The summed E-state index contributed by atoms with van der Waals surface area (Å²) in [5, 5.41) is 8.63. The van der Waals surface area contributed by atoms with Crippen LogP contribution in [0.15, 0.2) is 18.3 Å². The van der Waals surface area contributed by atoms with Crippen LogP contribution in [0.4, 0.5) is 0 Å². The maximum atomic E-state index is 12.3. The van der Waals surface area contributed by atoms with Crippen molar-refractivity contribution in [3.8, 4) is 11.8 Å². The standard InChI is InChI=1S/C15H20N2O2S/c1-4-13(11-20-3)17(2)15(19)14-8-7-12(10-16-14)6-5-9-18/h7-8,10,13,18H,4,9,11H2,1-3H3. The molecule has 0 aliphatic carbocycles. The van der Waals surface area contributed by atoms with Crippen molar-refractivity contribution in [1.82, 2.24) is 9.88 Å². The molecule has 0 spiro atoms. The van der Waals surface area contributed by atoms with Crippen molar-refractivity contribution in [2.45, 2.75) is 19.4 Å². The minimum atomic E-state index is -0.184. The predicted octanol–water partition coefficient (Wildman–Crippen LogP) is 1.64. The molecule has 0 bridgehead atoms. The van der Waals surface area contributed by atoms with Crippen molar-refractivity contribution < 1.29 is 9.90 Å². The van der Waals surface area contributed by atoms with Gasteiger partial charge in [0.15, 0.2) is 0 Å². The zero-order chi connectivity index (χ0) is 15.0. The summed E-state index contributed by atoms with van der Waals surface area (Å²) in [4.78, 5) is 18.2. The Labute approximate surface area is 124 Å². The minimum absolute atomic E-state index is 0.0763. The number of hydrogen-bond donors (Lipinski definition) is 1. The minimum Gasteiger partial charge on any atom is -0.384 e. The number of aliphatic hydroxyl groups excluding tert-OH is 1. The number of carbonyl (C=O) groups is 1. The van der Waals surface area contributed by atoms with Gasteiger partial charge in [-0.05, 0) is 24.8 Å². The Bertz CT molecular complexity index is 491. The van der Waals surface area contributed by atoms with Crippen LogP contribution in [-0.2, 0) is 0 Å². The fourth-order valence-corrected chi connectivity index (χ4v) is 2.62. The maximum Gasteiger partial charge on any atom is 0.272 e. The van der Waals surface area contributed by atoms with Gasteiger partial charge in [0.05, 0.1) is 0 Å². The monoisotopic (exact) mass is 292 g/mol. The number of hydrogen-bond acceptors (Lipinski definition) is 4. The molecule has 1 N–H and O–H groups in total. The van der Waals surface area contributed by atoms with E-state index in [4.69, 9.17) is 5.11 Å². The molecule has 0 saturated heterocycles. The second-order valence-corrected chi connectivity index (χ2v) is 5.24. The second kappa shape index (κ2) is 8.62. The summed E-state index contributed by atoms with van der Waals surface area (Å²) >= 11 is 1.73. The molecule has 0 saturated carbocycles. The lowest BCUT2D eigenvalue weighted by atomic mass is 10.2. The van der Waals surface area contributed by atoms with Crippen LogP contribution in [0.25, 0.3) is 0 Å². The van der Waals surface area contributed by atoms with Crippen molar-refractivity contribution in [1.29, 1.82) is 0 Å². The molecule has 5 heteroatoms. The predicted molar refractivity (Wildman–Crippen MR) is 82.8 cm³/mol. The summed E-state index contributed by atoms with van der Waals surface area (Å²) < 4.78 is 0. The van der Waals surface area contributed by atoms with Crippen molar-refractivity contribution in [2.75, 3.05) is 25.7 Å². The second-order valence-electron chi connectivity index (χ2n) is 4.33. The summed E-state index contributed by atoms with van der Waals surface area (Å²) in [6, 6.07) is 3.63. The first-order valence-electron chi connectivity index (χ1n) is 6.45. The molecule has 1 aromatic heterocycles. The van der Waals surface area contributed by atoms with Crippen molar-refractivity contribution in [3.63, 3.8) is 0 Å². The van der Waals surface area contributed by atoms with Crippen LogP contribution in [0.5, 0.6) is 0 Å². The van der Waals surface area contributed by atoms with Gasteiger partial charge in [0.2, 0.25) is 0 Å². The van der Waals surface area contributed by atoms with Gasteiger partial charge < -0.3 is 10.0 Å². The normalized spacial score (nSPS) is 11.4. The summed E-state index contributed by atoms with van der Waals surface area (Å²) in [7, 11) is 1.81. The molecule has 1 unspecified atom stereocenters. The van der Waals surface area contributed by atoms with Crippen LogP contribution in [0, 0.1) is 11.8 Å². The number of nitrogens with zero attached hydrogens (tertiary/aromatic N) is 2. The number of aliphatic hydroxyl groups is 1. The van der Waals surface area contributed by atoms with Gasteiger partial charge >= 0.3 is 0 Å². The Hall–Kier alpha value is -1.51. The van der Waals surface area contributed by atoms with Crippen LogP contribution >= 0.6 is 11.8 Å². The highest BCUT2D eigenvalue weighted by Crippen LogP contribution is 2.11. The van der Waals surface area contributed by atoms with E-state index in [1.54, 1.807) is 35.0 Å². The van der Waals surface area contributed by atoms with E-state index in [0.717, 1.165) is 12.2 Å². The summed E-state index contributed by atoms with van der Waals surface area (Å²) in [5.74, 6) is 6.14.